The molecule has 2 aliphatic rings. The molecule has 13 nitrogen and oxygen atoms in total. The summed E-state index contributed by atoms with van der Waals surface area (Å²) < 4.78 is 46.9. The van der Waals surface area contributed by atoms with Crippen LogP contribution < -0.4 is 20.4 Å². The third-order valence-electron chi connectivity index (χ3n) is 8.41. The van der Waals surface area contributed by atoms with Gasteiger partial charge >= 0.3 is 12.3 Å². The molecule has 0 radical (unpaired) electrons. The lowest BCUT2D eigenvalue weighted by Crippen LogP contribution is -2.46. The van der Waals surface area contributed by atoms with E-state index in [4.69, 9.17) is 4.74 Å². The predicted octanol–water partition coefficient (Wildman–Crippen LogP) is 4.07. The van der Waals surface area contributed by atoms with E-state index in [2.05, 4.69) is 37.4 Å². The zero-order chi connectivity index (χ0) is 37.0. The first-order valence-electron chi connectivity index (χ1n) is 16.7. The van der Waals surface area contributed by atoms with Crippen LogP contribution in [0.4, 0.5) is 35.3 Å². The zero-order valence-electron chi connectivity index (χ0n) is 29.0. The number of carbonyl (C=O) groups excluding carboxylic acids is 4. The van der Waals surface area contributed by atoms with Gasteiger partial charge in [0, 0.05) is 88.5 Å². The number of anilines is 3. The number of ether oxygens (including phenoxy) is 1. The van der Waals surface area contributed by atoms with Gasteiger partial charge in [0.1, 0.15) is 30.2 Å². The molecule has 51 heavy (non-hydrogen) atoms. The van der Waals surface area contributed by atoms with E-state index in [0.717, 1.165) is 57.4 Å². The molecule has 2 aliphatic heterocycles. The lowest BCUT2D eigenvalue weighted by molar-refractivity contribution is -0.141. The van der Waals surface area contributed by atoms with Crippen molar-refractivity contribution in [3.05, 3.63) is 41.2 Å². The predicted molar refractivity (Wildman–Crippen MR) is 193 cm³/mol. The number of pyridine rings is 2. The van der Waals surface area contributed by atoms with E-state index < -0.39 is 23.9 Å². The summed E-state index contributed by atoms with van der Waals surface area (Å²) in [5.74, 6) is 0.201. The van der Waals surface area contributed by atoms with Gasteiger partial charge in [0.2, 0.25) is 11.8 Å². The summed E-state index contributed by atoms with van der Waals surface area (Å²) in [4.78, 5) is 64.0. The molecule has 3 amide bonds. The number of aromatic nitrogens is 2. The number of alkyl halides is 3. The van der Waals surface area contributed by atoms with Gasteiger partial charge in [-0.15, -0.1) is 0 Å². The molecule has 4 rings (SSSR count). The third kappa shape index (κ3) is 12.5. The standard InChI is InChI=1S/C33H45F3N8O5S2/c1-23(5-8-29(46)37-9-4-16-45)51-50-18-17-49-32(48)40-31-25-19-30(47)44(26(25)20-27(39-31)33(34,35)36)22-24-6-7-28(38-21-24)42(3)12-15-43-13-10-41(2)11-14-43/h6-7,16,20-21,23H,4-5,8-15,17-19,22H2,1-3H3,(H,37,46)(H,39,40,48). The number of nitrogens with one attached hydrogen (secondary N) is 2. The van der Waals surface area contributed by atoms with Gasteiger partial charge in [0.05, 0.1) is 18.7 Å². The Balaban J connectivity index is 1.30. The number of halogens is 3. The highest BCUT2D eigenvalue weighted by Gasteiger charge is 2.39. The lowest BCUT2D eigenvalue weighted by Gasteiger charge is -2.33. The van der Waals surface area contributed by atoms with Crippen molar-refractivity contribution >= 4 is 63.1 Å². The number of amides is 3. The minimum Gasteiger partial charge on any atom is -0.448 e. The smallest absolute Gasteiger partial charge is 0.433 e. The Morgan fingerprint density at radius 1 is 1.20 bits per heavy atom. The maximum absolute atomic E-state index is 13.9. The quantitative estimate of drug-likeness (QED) is 0.129. The fraction of sp³-hybridized carbons (Fsp3) is 0.576. The molecule has 1 saturated heterocycles. The largest absolute Gasteiger partial charge is 0.448 e. The summed E-state index contributed by atoms with van der Waals surface area (Å²) in [5.41, 5.74) is -0.421. The van der Waals surface area contributed by atoms with Crippen molar-refractivity contribution in [1.29, 1.82) is 0 Å². The van der Waals surface area contributed by atoms with Gasteiger partial charge in [-0.25, -0.2) is 14.8 Å². The summed E-state index contributed by atoms with van der Waals surface area (Å²) in [6.45, 7) is 8.02. The molecule has 4 heterocycles. The highest BCUT2D eigenvalue weighted by molar-refractivity contribution is 8.76. The van der Waals surface area contributed by atoms with Crippen LogP contribution in [-0.4, -0.2) is 121 Å². The van der Waals surface area contributed by atoms with E-state index >= 15 is 0 Å². The number of fused-ring (bicyclic) bond motifs is 1. The highest BCUT2D eigenvalue weighted by atomic mass is 33.1. The number of nitrogens with zero attached hydrogens (tertiary/aromatic N) is 6. The van der Waals surface area contributed by atoms with Crippen LogP contribution in [0.25, 0.3) is 0 Å². The summed E-state index contributed by atoms with van der Waals surface area (Å²) in [6, 6.07) is 4.45. The molecule has 18 heteroatoms. The maximum atomic E-state index is 13.9. The summed E-state index contributed by atoms with van der Waals surface area (Å²) in [6.07, 6.45) is -2.50. The molecule has 0 aromatic carbocycles. The number of rotatable bonds is 18. The molecule has 2 N–H and O–H groups in total. The third-order valence-corrected chi connectivity index (χ3v) is 11.3. The minimum atomic E-state index is -4.83. The van der Waals surface area contributed by atoms with Crippen molar-refractivity contribution in [3.8, 4) is 0 Å². The molecule has 2 aromatic rings. The van der Waals surface area contributed by atoms with E-state index in [-0.39, 0.29) is 54.2 Å². The highest BCUT2D eigenvalue weighted by Crippen LogP contribution is 2.39. The molecule has 0 aliphatic carbocycles. The number of hydrogen-bond acceptors (Lipinski definition) is 12. The van der Waals surface area contributed by atoms with E-state index in [9.17, 15) is 32.3 Å². The fourth-order valence-electron chi connectivity index (χ4n) is 5.38. The second-order valence-corrected chi connectivity index (χ2v) is 15.4. The van der Waals surface area contributed by atoms with Gasteiger partial charge in [-0.1, -0.05) is 34.6 Å². The Morgan fingerprint density at radius 2 is 1.96 bits per heavy atom. The average molecular weight is 755 g/mol. The SMILES string of the molecule is CC(CCC(=O)NCCC=O)SSCCOC(=O)Nc1nc(C(F)(F)F)cc2c1CC(=O)N2Cc1ccc(N(C)CCN2CCN(C)CC2)nc1. The van der Waals surface area contributed by atoms with Crippen molar-refractivity contribution in [2.75, 3.05) is 87.4 Å². The molecule has 280 valence electrons. The lowest BCUT2D eigenvalue weighted by atomic mass is 10.1. The van der Waals surface area contributed by atoms with E-state index in [1.165, 1.54) is 26.5 Å². The fourth-order valence-corrected chi connectivity index (χ4v) is 7.55. The van der Waals surface area contributed by atoms with Crippen LogP contribution in [0.2, 0.25) is 0 Å². The number of likely N-dealkylation sites (N-methyl/N-ethyl adjacent to an activating group) is 2. The van der Waals surface area contributed by atoms with Gasteiger partial charge in [-0.3, -0.25) is 19.8 Å². The molecular formula is C33H45F3N8O5S2. The second kappa shape index (κ2) is 19.3. The van der Waals surface area contributed by atoms with Crippen LogP contribution in [0, 0.1) is 0 Å². The topological polar surface area (TPSA) is 140 Å². The van der Waals surface area contributed by atoms with Crippen molar-refractivity contribution in [3.63, 3.8) is 0 Å². The molecular weight excluding hydrogens is 710 g/mol. The first-order chi connectivity index (χ1) is 24.3. The van der Waals surface area contributed by atoms with Crippen LogP contribution in [-0.2, 0) is 38.3 Å². The van der Waals surface area contributed by atoms with Crippen LogP contribution in [0.3, 0.4) is 0 Å². The average Bonchev–Trinajstić information content (AvgIpc) is 3.41. The molecule has 0 saturated carbocycles. The Morgan fingerprint density at radius 3 is 2.65 bits per heavy atom. The van der Waals surface area contributed by atoms with Crippen molar-refractivity contribution in [1.82, 2.24) is 25.1 Å². The second-order valence-electron chi connectivity index (χ2n) is 12.4. The van der Waals surface area contributed by atoms with Gasteiger partial charge in [0.15, 0.2) is 0 Å². The van der Waals surface area contributed by atoms with E-state index in [1.54, 1.807) is 12.3 Å². The zero-order valence-corrected chi connectivity index (χ0v) is 30.7. The van der Waals surface area contributed by atoms with E-state index in [1.807, 2.05) is 24.9 Å². The van der Waals surface area contributed by atoms with Crippen LogP contribution >= 0.6 is 21.6 Å². The van der Waals surface area contributed by atoms with Gasteiger partial charge in [0.25, 0.3) is 0 Å². The number of aldehydes is 1. The summed E-state index contributed by atoms with van der Waals surface area (Å²) in [7, 11) is 7.01. The number of piperazine rings is 1. The van der Waals surface area contributed by atoms with Gasteiger partial charge < -0.3 is 29.5 Å². The molecule has 0 bridgehead atoms. The molecule has 1 atom stereocenters. The normalized spacial score (nSPS) is 15.7. The first-order valence-corrected chi connectivity index (χ1v) is 19.1. The van der Waals surface area contributed by atoms with Crippen molar-refractivity contribution in [2.24, 2.45) is 0 Å². The molecule has 1 unspecified atom stereocenters. The maximum Gasteiger partial charge on any atom is 0.433 e. The number of carbonyl (C=O) groups is 4. The number of hydrogen-bond donors (Lipinski definition) is 2. The first kappa shape index (κ1) is 40.2. The minimum absolute atomic E-state index is 0.00647. The van der Waals surface area contributed by atoms with E-state index in [0.29, 0.717) is 30.7 Å². The Bertz CT molecular complexity index is 1500. The van der Waals surface area contributed by atoms with Crippen LogP contribution in [0.5, 0.6) is 0 Å². The Labute approximate surface area is 303 Å². The van der Waals surface area contributed by atoms with Crippen LogP contribution in [0.1, 0.15) is 43.0 Å². The summed E-state index contributed by atoms with van der Waals surface area (Å²) in [5, 5.41) is 5.11. The molecule has 2 aromatic heterocycles. The molecule has 1 fully saturated rings. The van der Waals surface area contributed by atoms with Crippen molar-refractivity contribution in [2.45, 2.75) is 50.6 Å². The molecule has 0 spiro atoms. The van der Waals surface area contributed by atoms with Gasteiger partial charge in [-0.05, 0) is 31.2 Å². The van der Waals surface area contributed by atoms with Crippen LogP contribution in [0.15, 0.2) is 24.4 Å². The Hall–Kier alpha value is -3.61. The Kier molecular flexibility index (Phi) is 15.2. The van der Waals surface area contributed by atoms with Gasteiger partial charge in [-0.2, -0.15) is 13.2 Å². The summed E-state index contributed by atoms with van der Waals surface area (Å²) >= 11 is 0. The van der Waals surface area contributed by atoms with Crippen molar-refractivity contribution < 1.29 is 37.1 Å². The monoisotopic (exact) mass is 754 g/mol.